The van der Waals surface area contributed by atoms with Gasteiger partial charge in [-0.1, -0.05) is 18.2 Å². The number of benzene rings is 1. The highest BCUT2D eigenvalue weighted by Crippen LogP contribution is 2.33. The van der Waals surface area contributed by atoms with Gasteiger partial charge < -0.3 is 4.98 Å². The van der Waals surface area contributed by atoms with Crippen LogP contribution in [0.5, 0.6) is 0 Å². The number of pyridine rings is 1. The summed E-state index contributed by atoms with van der Waals surface area (Å²) in [6.45, 7) is 0. The van der Waals surface area contributed by atoms with Gasteiger partial charge in [-0.3, -0.25) is 15.1 Å². The number of nitrogens with one attached hydrogen (secondary N) is 2. The number of nitrogens with zero attached hydrogens (tertiary/aromatic N) is 5. The van der Waals surface area contributed by atoms with E-state index >= 15 is 0 Å². The maximum Gasteiger partial charge on any atom is 0.161 e. The molecule has 5 heterocycles. The van der Waals surface area contributed by atoms with Crippen LogP contribution < -0.4 is 0 Å². The zero-order chi connectivity index (χ0) is 19.2. The third kappa shape index (κ3) is 2.61. The molecule has 0 radical (unpaired) electrons. The van der Waals surface area contributed by atoms with Crippen molar-refractivity contribution in [2.45, 2.75) is 0 Å². The van der Waals surface area contributed by atoms with Crippen LogP contribution in [-0.4, -0.2) is 35.1 Å². The molecular weight excluding hydrogens is 382 g/mol. The van der Waals surface area contributed by atoms with Crippen molar-refractivity contribution < 1.29 is 0 Å². The molecule has 2 N–H and O–H groups in total. The molecule has 6 aromatic rings. The summed E-state index contributed by atoms with van der Waals surface area (Å²) in [5, 5.41) is 9.59. The van der Waals surface area contributed by atoms with Crippen LogP contribution in [0.3, 0.4) is 0 Å². The summed E-state index contributed by atoms with van der Waals surface area (Å²) in [5.74, 6) is 0.680. The van der Waals surface area contributed by atoms with Gasteiger partial charge >= 0.3 is 0 Å². The Kier molecular flexibility index (Phi) is 3.50. The second-order valence-electron chi connectivity index (χ2n) is 6.52. The van der Waals surface area contributed by atoms with Crippen LogP contribution in [0.15, 0.2) is 66.4 Å². The van der Waals surface area contributed by atoms with Crippen LogP contribution in [0.2, 0.25) is 0 Å². The number of fused-ring (bicyclic) bond motifs is 2. The van der Waals surface area contributed by atoms with E-state index in [4.69, 9.17) is 9.97 Å². The molecule has 0 bridgehead atoms. The first kappa shape index (κ1) is 16.1. The van der Waals surface area contributed by atoms with Crippen molar-refractivity contribution in [1.29, 1.82) is 0 Å². The topological polar surface area (TPSA) is 96.0 Å². The second-order valence-corrected chi connectivity index (χ2v) is 7.47. The molecule has 29 heavy (non-hydrogen) atoms. The number of aromatic amines is 2. The van der Waals surface area contributed by atoms with E-state index in [1.54, 1.807) is 29.9 Å². The highest BCUT2D eigenvalue weighted by molar-refractivity contribution is 7.13. The highest BCUT2D eigenvalue weighted by atomic mass is 32.1. The lowest BCUT2D eigenvalue weighted by Gasteiger charge is -1.99. The molecule has 0 unspecified atom stereocenters. The third-order valence-corrected chi connectivity index (χ3v) is 5.66. The average molecular weight is 395 g/mol. The molecule has 6 rings (SSSR count). The minimum Gasteiger partial charge on any atom is -0.336 e. The van der Waals surface area contributed by atoms with Gasteiger partial charge in [0.05, 0.1) is 28.4 Å². The lowest BCUT2D eigenvalue weighted by Crippen LogP contribution is -1.89. The summed E-state index contributed by atoms with van der Waals surface area (Å²) in [6.07, 6.45) is 5.00. The van der Waals surface area contributed by atoms with Gasteiger partial charge in [0.25, 0.3) is 0 Å². The van der Waals surface area contributed by atoms with E-state index in [9.17, 15) is 0 Å². The van der Waals surface area contributed by atoms with Crippen molar-refractivity contribution in [3.05, 3.63) is 66.4 Å². The van der Waals surface area contributed by atoms with Crippen molar-refractivity contribution in [2.75, 3.05) is 0 Å². The maximum atomic E-state index is 4.86. The van der Waals surface area contributed by atoms with Gasteiger partial charge in [-0.2, -0.15) is 5.10 Å². The average Bonchev–Trinajstić information content (AvgIpc) is 3.52. The molecule has 8 heteroatoms. The van der Waals surface area contributed by atoms with E-state index in [1.807, 2.05) is 30.3 Å². The molecule has 0 saturated carbocycles. The number of hydrogen-bond donors (Lipinski definition) is 2. The fourth-order valence-corrected chi connectivity index (χ4v) is 4.17. The standard InChI is InChI=1S/C21H13N7S/c1-3-12(17-5-2-10-29-17)18-14(4-1)25-21(26-18)20-19-15(27-28-20)7-6-13(24-19)16-11-22-8-9-23-16/h1-11H,(H,25,26)(H,27,28). The van der Waals surface area contributed by atoms with Gasteiger partial charge in [0.1, 0.15) is 11.2 Å². The predicted octanol–water partition coefficient (Wildman–Crippen LogP) is 4.69. The van der Waals surface area contributed by atoms with E-state index in [1.165, 1.54) is 4.88 Å². The minimum atomic E-state index is 0.680. The first-order chi connectivity index (χ1) is 14.4. The SMILES string of the molecule is c1csc(-c2cccc3[nH]c(-c4n[nH]c5ccc(-c6cnccn6)nc45)nc23)c1. The van der Waals surface area contributed by atoms with Crippen molar-refractivity contribution in [3.63, 3.8) is 0 Å². The zero-order valence-electron chi connectivity index (χ0n) is 15.0. The highest BCUT2D eigenvalue weighted by Gasteiger charge is 2.17. The monoisotopic (exact) mass is 395 g/mol. The summed E-state index contributed by atoms with van der Waals surface area (Å²) in [6, 6.07) is 14.1. The van der Waals surface area contributed by atoms with Crippen molar-refractivity contribution in [3.8, 4) is 33.3 Å². The molecule has 0 aliphatic carbocycles. The van der Waals surface area contributed by atoms with Crippen LogP contribution >= 0.6 is 11.3 Å². The van der Waals surface area contributed by atoms with E-state index in [2.05, 4.69) is 42.7 Å². The first-order valence-electron chi connectivity index (χ1n) is 9.01. The number of para-hydroxylation sites is 1. The summed E-state index contributed by atoms with van der Waals surface area (Å²) >= 11 is 1.70. The lowest BCUT2D eigenvalue weighted by molar-refractivity contribution is 1.10. The third-order valence-electron chi connectivity index (χ3n) is 4.76. The summed E-state index contributed by atoms with van der Waals surface area (Å²) in [4.78, 5) is 22.7. The van der Waals surface area contributed by atoms with Crippen molar-refractivity contribution in [1.82, 2.24) is 35.1 Å². The van der Waals surface area contributed by atoms with Crippen LogP contribution in [0, 0.1) is 0 Å². The van der Waals surface area contributed by atoms with Gasteiger partial charge in [0.2, 0.25) is 0 Å². The normalized spacial score (nSPS) is 11.4. The summed E-state index contributed by atoms with van der Waals surface area (Å²) < 4.78 is 0. The Morgan fingerprint density at radius 2 is 1.83 bits per heavy atom. The van der Waals surface area contributed by atoms with Crippen molar-refractivity contribution >= 4 is 33.4 Å². The Hall–Kier alpha value is -3.91. The van der Waals surface area contributed by atoms with Crippen LogP contribution in [0.4, 0.5) is 0 Å². The van der Waals surface area contributed by atoms with Crippen molar-refractivity contribution in [2.24, 2.45) is 0 Å². The number of aromatic nitrogens is 7. The predicted molar refractivity (Wildman–Crippen MR) is 113 cm³/mol. The second kappa shape index (κ2) is 6.32. The Balaban J connectivity index is 1.53. The van der Waals surface area contributed by atoms with Gasteiger partial charge in [0, 0.05) is 22.8 Å². The summed E-state index contributed by atoms with van der Waals surface area (Å²) in [7, 11) is 0. The summed E-state index contributed by atoms with van der Waals surface area (Å²) in [5.41, 5.74) is 6.71. The number of imidazole rings is 1. The molecule has 7 nitrogen and oxygen atoms in total. The molecule has 0 aliphatic rings. The van der Waals surface area contributed by atoms with Gasteiger partial charge in [0.15, 0.2) is 11.5 Å². The Morgan fingerprint density at radius 1 is 0.828 bits per heavy atom. The largest absolute Gasteiger partial charge is 0.336 e. The molecule has 0 atom stereocenters. The van der Waals surface area contributed by atoms with Gasteiger partial charge in [-0.25, -0.2) is 9.97 Å². The van der Waals surface area contributed by atoms with E-state index in [0.717, 1.165) is 33.3 Å². The molecule has 0 fully saturated rings. The number of thiophene rings is 1. The Labute approximate surface area is 168 Å². The smallest absolute Gasteiger partial charge is 0.161 e. The maximum absolute atomic E-state index is 4.86. The van der Waals surface area contributed by atoms with E-state index in [0.29, 0.717) is 17.2 Å². The Morgan fingerprint density at radius 3 is 2.69 bits per heavy atom. The van der Waals surface area contributed by atoms with Crippen LogP contribution in [-0.2, 0) is 0 Å². The van der Waals surface area contributed by atoms with Gasteiger partial charge in [-0.05, 0) is 29.6 Å². The number of H-pyrrole nitrogens is 2. The molecular formula is C21H13N7S. The quantitative estimate of drug-likeness (QED) is 0.453. The zero-order valence-corrected chi connectivity index (χ0v) is 15.8. The number of rotatable bonds is 3. The molecule has 138 valence electrons. The fourth-order valence-electron chi connectivity index (χ4n) is 3.41. The Bertz CT molecular complexity index is 1450. The molecule has 0 aliphatic heterocycles. The van der Waals surface area contributed by atoms with E-state index < -0.39 is 0 Å². The van der Waals surface area contributed by atoms with Gasteiger partial charge in [-0.15, -0.1) is 11.3 Å². The van der Waals surface area contributed by atoms with E-state index in [-0.39, 0.29) is 0 Å². The molecule has 0 amide bonds. The number of hydrogen-bond acceptors (Lipinski definition) is 6. The van der Waals surface area contributed by atoms with Crippen LogP contribution in [0.1, 0.15) is 0 Å². The first-order valence-corrected chi connectivity index (χ1v) is 9.89. The lowest BCUT2D eigenvalue weighted by atomic mass is 10.1. The molecule has 0 spiro atoms. The molecule has 0 saturated heterocycles. The fraction of sp³-hybridized carbons (Fsp3) is 0. The van der Waals surface area contributed by atoms with Crippen LogP contribution in [0.25, 0.3) is 55.4 Å². The minimum absolute atomic E-state index is 0.680. The molecule has 5 aromatic heterocycles. The molecule has 1 aromatic carbocycles.